The lowest BCUT2D eigenvalue weighted by molar-refractivity contribution is -0.150. The molecule has 0 aliphatic heterocycles. The Hall–Kier alpha value is -3.31. The molecule has 11 heteroatoms. The Morgan fingerprint density at radius 2 is 1.68 bits per heavy atom. The Kier molecular flexibility index (Phi) is 10.6. The Morgan fingerprint density at radius 1 is 1.00 bits per heavy atom. The molecular formula is C23H27FN2O7S. The van der Waals surface area contributed by atoms with Gasteiger partial charge in [0.15, 0.2) is 6.61 Å². The van der Waals surface area contributed by atoms with Crippen LogP contribution in [-0.2, 0) is 40.3 Å². The molecule has 2 rings (SSSR count). The molecule has 0 saturated heterocycles. The number of sulfonamides is 1. The van der Waals surface area contributed by atoms with Gasteiger partial charge in [-0.25, -0.2) is 12.8 Å². The number of amides is 1. The molecule has 0 aliphatic carbocycles. The summed E-state index contributed by atoms with van der Waals surface area (Å²) in [6, 6.07) is 11.9. The second-order valence-electron chi connectivity index (χ2n) is 7.16. The number of rotatable bonds is 13. The summed E-state index contributed by atoms with van der Waals surface area (Å²) in [4.78, 5) is 35.3. The van der Waals surface area contributed by atoms with Crippen LogP contribution in [0.3, 0.4) is 0 Å². The monoisotopic (exact) mass is 494 g/mol. The van der Waals surface area contributed by atoms with Crippen molar-refractivity contribution in [2.24, 2.45) is 0 Å². The predicted octanol–water partition coefficient (Wildman–Crippen LogP) is 1.72. The first kappa shape index (κ1) is 26.9. The number of benzene rings is 2. The second kappa shape index (κ2) is 13.4. The average molecular weight is 495 g/mol. The van der Waals surface area contributed by atoms with Crippen molar-refractivity contribution in [2.75, 3.05) is 19.8 Å². The van der Waals surface area contributed by atoms with Gasteiger partial charge < -0.3 is 14.8 Å². The van der Waals surface area contributed by atoms with Crippen molar-refractivity contribution >= 4 is 27.9 Å². The highest BCUT2D eigenvalue weighted by molar-refractivity contribution is 7.89. The zero-order valence-corrected chi connectivity index (χ0v) is 19.5. The van der Waals surface area contributed by atoms with Crippen LogP contribution in [0.5, 0.6) is 0 Å². The number of carbonyl (C=O) groups excluding carboxylic acids is 3. The third-order valence-corrected chi connectivity index (χ3v) is 6.03. The molecule has 0 fully saturated rings. The molecule has 0 bridgehead atoms. The summed E-state index contributed by atoms with van der Waals surface area (Å²) in [6.45, 7) is 1.48. The number of ether oxygens (including phenoxy) is 2. The minimum absolute atomic E-state index is 0.0749. The van der Waals surface area contributed by atoms with E-state index in [1.165, 1.54) is 12.1 Å². The van der Waals surface area contributed by atoms with Gasteiger partial charge >= 0.3 is 11.9 Å². The van der Waals surface area contributed by atoms with Crippen molar-refractivity contribution < 1.29 is 36.7 Å². The molecule has 0 saturated carbocycles. The van der Waals surface area contributed by atoms with Gasteiger partial charge in [-0.05, 0) is 37.5 Å². The SMILES string of the molecule is CCOC(=O)CCCNC(=O)COC(=O)[C@H](Cc1ccccc1)NS(=O)(=O)c1ccccc1F. The van der Waals surface area contributed by atoms with E-state index >= 15 is 0 Å². The Labute approximate surface area is 197 Å². The standard InChI is InChI=1S/C23H27FN2O7S/c1-2-32-22(28)13-8-14-25-21(27)16-33-23(29)19(15-17-9-4-3-5-10-17)26-34(30,31)20-12-7-6-11-18(20)24/h3-7,9-12,19,26H,2,8,13-16H2,1H3,(H,25,27)/t19-/m0/s1. The molecule has 184 valence electrons. The number of esters is 2. The maximum atomic E-state index is 14.0. The third kappa shape index (κ3) is 8.91. The molecule has 0 aliphatic rings. The molecule has 0 unspecified atom stereocenters. The van der Waals surface area contributed by atoms with Crippen LogP contribution in [0.1, 0.15) is 25.3 Å². The van der Waals surface area contributed by atoms with Crippen molar-refractivity contribution in [1.82, 2.24) is 10.0 Å². The molecule has 2 aromatic rings. The van der Waals surface area contributed by atoms with Gasteiger partial charge in [-0.2, -0.15) is 4.72 Å². The molecule has 2 N–H and O–H groups in total. The van der Waals surface area contributed by atoms with Crippen LogP contribution in [0.2, 0.25) is 0 Å². The highest BCUT2D eigenvalue weighted by Gasteiger charge is 2.29. The van der Waals surface area contributed by atoms with E-state index in [0.717, 1.165) is 12.1 Å². The molecule has 1 amide bonds. The van der Waals surface area contributed by atoms with E-state index in [-0.39, 0.29) is 32.0 Å². The average Bonchev–Trinajstić information content (AvgIpc) is 2.80. The van der Waals surface area contributed by atoms with E-state index in [0.29, 0.717) is 12.0 Å². The highest BCUT2D eigenvalue weighted by atomic mass is 32.2. The maximum Gasteiger partial charge on any atom is 0.325 e. The second-order valence-corrected chi connectivity index (χ2v) is 8.84. The lowest BCUT2D eigenvalue weighted by atomic mass is 10.1. The van der Waals surface area contributed by atoms with Crippen LogP contribution in [0.25, 0.3) is 0 Å². The normalized spacial score (nSPS) is 11.9. The van der Waals surface area contributed by atoms with Gasteiger partial charge in [0.25, 0.3) is 5.91 Å². The summed E-state index contributed by atoms with van der Waals surface area (Å²) in [7, 11) is -4.39. The summed E-state index contributed by atoms with van der Waals surface area (Å²) >= 11 is 0. The van der Waals surface area contributed by atoms with Crippen LogP contribution in [0, 0.1) is 5.82 Å². The Bertz CT molecular complexity index is 1080. The van der Waals surface area contributed by atoms with Crippen LogP contribution < -0.4 is 10.0 Å². The molecule has 2 aromatic carbocycles. The number of hydrogen-bond donors (Lipinski definition) is 2. The van der Waals surface area contributed by atoms with E-state index in [9.17, 15) is 27.2 Å². The molecule has 0 heterocycles. The Balaban J connectivity index is 1.99. The van der Waals surface area contributed by atoms with Crippen LogP contribution >= 0.6 is 0 Å². The summed E-state index contributed by atoms with van der Waals surface area (Å²) in [5.74, 6) is -2.96. The molecule has 1 atom stereocenters. The topological polar surface area (TPSA) is 128 Å². The number of carbonyl (C=O) groups is 3. The summed E-state index contributed by atoms with van der Waals surface area (Å²) in [6.07, 6.45) is 0.400. The summed E-state index contributed by atoms with van der Waals surface area (Å²) < 4.78 is 51.4. The fraction of sp³-hybridized carbons (Fsp3) is 0.348. The summed E-state index contributed by atoms with van der Waals surface area (Å²) in [5.41, 5.74) is 0.629. The van der Waals surface area contributed by atoms with E-state index in [1.54, 1.807) is 37.3 Å². The minimum atomic E-state index is -4.39. The Morgan fingerprint density at radius 3 is 2.35 bits per heavy atom. The molecule has 9 nitrogen and oxygen atoms in total. The van der Waals surface area contributed by atoms with Gasteiger partial charge in [-0.1, -0.05) is 42.5 Å². The molecular weight excluding hydrogens is 467 g/mol. The highest BCUT2D eigenvalue weighted by Crippen LogP contribution is 2.15. The fourth-order valence-corrected chi connectivity index (χ4v) is 4.18. The number of hydrogen-bond acceptors (Lipinski definition) is 7. The molecule has 34 heavy (non-hydrogen) atoms. The predicted molar refractivity (Wildman–Crippen MR) is 120 cm³/mol. The molecule has 0 spiro atoms. The van der Waals surface area contributed by atoms with E-state index in [1.807, 2.05) is 0 Å². The van der Waals surface area contributed by atoms with Gasteiger partial charge in [0.05, 0.1) is 6.61 Å². The number of halogens is 1. The van der Waals surface area contributed by atoms with E-state index < -0.39 is 45.3 Å². The summed E-state index contributed by atoms with van der Waals surface area (Å²) in [5, 5.41) is 2.49. The van der Waals surface area contributed by atoms with Crippen LogP contribution in [-0.4, -0.2) is 52.1 Å². The zero-order valence-electron chi connectivity index (χ0n) is 18.7. The van der Waals surface area contributed by atoms with Crippen molar-refractivity contribution in [2.45, 2.75) is 37.1 Å². The fourth-order valence-electron chi connectivity index (χ4n) is 2.92. The first-order valence-electron chi connectivity index (χ1n) is 10.6. The largest absolute Gasteiger partial charge is 0.466 e. The van der Waals surface area contributed by atoms with Gasteiger partial charge in [0.1, 0.15) is 16.8 Å². The van der Waals surface area contributed by atoms with Crippen LogP contribution in [0.15, 0.2) is 59.5 Å². The first-order chi connectivity index (χ1) is 16.2. The lowest BCUT2D eigenvalue weighted by Crippen LogP contribution is -2.44. The van der Waals surface area contributed by atoms with Gasteiger partial charge in [-0.15, -0.1) is 0 Å². The maximum absolute atomic E-state index is 14.0. The number of nitrogens with one attached hydrogen (secondary N) is 2. The van der Waals surface area contributed by atoms with Gasteiger partial charge in [-0.3, -0.25) is 14.4 Å². The van der Waals surface area contributed by atoms with Crippen molar-refractivity contribution in [1.29, 1.82) is 0 Å². The smallest absolute Gasteiger partial charge is 0.325 e. The molecule has 0 aromatic heterocycles. The first-order valence-corrected chi connectivity index (χ1v) is 12.1. The van der Waals surface area contributed by atoms with Crippen molar-refractivity contribution in [3.8, 4) is 0 Å². The van der Waals surface area contributed by atoms with E-state index in [2.05, 4.69) is 10.0 Å². The quantitative estimate of drug-likeness (QED) is 0.321. The van der Waals surface area contributed by atoms with Gasteiger partial charge in [0, 0.05) is 13.0 Å². The minimum Gasteiger partial charge on any atom is -0.466 e. The van der Waals surface area contributed by atoms with Crippen molar-refractivity contribution in [3.63, 3.8) is 0 Å². The lowest BCUT2D eigenvalue weighted by Gasteiger charge is -2.18. The van der Waals surface area contributed by atoms with Gasteiger partial charge in [0.2, 0.25) is 10.0 Å². The van der Waals surface area contributed by atoms with Crippen LogP contribution in [0.4, 0.5) is 4.39 Å². The third-order valence-electron chi connectivity index (χ3n) is 4.52. The van der Waals surface area contributed by atoms with E-state index in [4.69, 9.17) is 9.47 Å². The molecule has 0 radical (unpaired) electrons. The van der Waals surface area contributed by atoms with Crippen molar-refractivity contribution in [3.05, 3.63) is 66.0 Å². The zero-order chi connectivity index (χ0) is 25.0.